The maximum Gasteiger partial charge on any atom is 0.0656 e. The van der Waals surface area contributed by atoms with Gasteiger partial charge >= 0.3 is 0 Å². The lowest BCUT2D eigenvalue weighted by molar-refractivity contribution is 0.354. The Bertz CT molecular complexity index is 74.6. The molecule has 1 saturated heterocycles. The lowest BCUT2D eigenvalue weighted by atomic mass is 10.1. The first-order valence-corrected chi connectivity index (χ1v) is 3.21. The zero-order valence-corrected chi connectivity index (χ0v) is 5.62. The molecular formula is C6H14N2. The Balaban J connectivity index is 2.40. The molecular weight excluding hydrogens is 100 g/mol. The van der Waals surface area contributed by atoms with E-state index in [9.17, 15) is 0 Å². The third-order valence-electron chi connectivity index (χ3n) is 1.92. The third kappa shape index (κ3) is 1.01. The maximum absolute atomic E-state index is 3.37. The van der Waals surface area contributed by atoms with Crippen molar-refractivity contribution in [3.05, 3.63) is 0 Å². The molecule has 0 radical (unpaired) electrons. The largest absolute Gasteiger partial charge is 0.303 e. The average molecular weight is 114 g/mol. The van der Waals surface area contributed by atoms with E-state index in [0.717, 1.165) is 6.54 Å². The molecule has 0 aromatic rings. The van der Waals surface area contributed by atoms with E-state index in [1.54, 1.807) is 0 Å². The van der Waals surface area contributed by atoms with Gasteiger partial charge in [-0.2, -0.15) is 0 Å². The molecule has 2 N–H and O–H groups in total. The van der Waals surface area contributed by atoms with Crippen molar-refractivity contribution in [1.82, 2.24) is 10.6 Å². The Labute approximate surface area is 50.7 Å². The predicted molar refractivity (Wildman–Crippen MR) is 34.7 cm³/mol. The summed E-state index contributed by atoms with van der Waals surface area (Å²) < 4.78 is 0. The zero-order valence-electron chi connectivity index (χ0n) is 5.62. The highest BCUT2D eigenvalue weighted by molar-refractivity contribution is 4.84. The second-order valence-corrected chi connectivity index (χ2v) is 2.61. The van der Waals surface area contributed by atoms with Crippen LogP contribution in [0.1, 0.15) is 19.8 Å². The summed E-state index contributed by atoms with van der Waals surface area (Å²) in [4.78, 5) is 0. The molecule has 1 fully saturated rings. The quantitative estimate of drug-likeness (QED) is 0.512. The second-order valence-electron chi connectivity index (χ2n) is 2.61. The van der Waals surface area contributed by atoms with E-state index in [4.69, 9.17) is 0 Å². The molecule has 0 spiro atoms. The van der Waals surface area contributed by atoms with E-state index in [0.29, 0.717) is 0 Å². The van der Waals surface area contributed by atoms with Crippen molar-refractivity contribution < 1.29 is 0 Å². The van der Waals surface area contributed by atoms with Crippen LogP contribution in [0.3, 0.4) is 0 Å². The van der Waals surface area contributed by atoms with E-state index in [-0.39, 0.29) is 5.66 Å². The van der Waals surface area contributed by atoms with E-state index in [1.165, 1.54) is 12.8 Å². The van der Waals surface area contributed by atoms with Gasteiger partial charge in [-0.15, -0.1) is 0 Å². The fourth-order valence-electron chi connectivity index (χ4n) is 1.11. The van der Waals surface area contributed by atoms with Crippen molar-refractivity contribution in [3.8, 4) is 0 Å². The molecule has 0 bridgehead atoms. The highest BCUT2D eigenvalue weighted by Crippen LogP contribution is 2.13. The molecule has 1 heterocycles. The minimum atomic E-state index is 0.236. The lowest BCUT2D eigenvalue weighted by Gasteiger charge is -2.22. The van der Waals surface area contributed by atoms with Crippen LogP contribution >= 0.6 is 0 Å². The molecule has 1 atom stereocenters. The number of hydrogen-bond donors (Lipinski definition) is 2. The van der Waals surface area contributed by atoms with Crippen LogP contribution in [0.4, 0.5) is 0 Å². The van der Waals surface area contributed by atoms with Gasteiger partial charge in [-0.05, 0) is 33.4 Å². The maximum atomic E-state index is 3.37. The van der Waals surface area contributed by atoms with Crippen LogP contribution < -0.4 is 10.6 Å². The van der Waals surface area contributed by atoms with Crippen LogP contribution in [0.2, 0.25) is 0 Å². The van der Waals surface area contributed by atoms with Gasteiger partial charge in [0, 0.05) is 0 Å². The first-order valence-electron chi connectivity index (χ1n) is 3.21. The van der Waals surface area contributed by atoms with Gasteiger partial charge in [-0.1, -0.05) is 0 Å². The summed E-state index contributed by atoms with van der Waals surface area (Å²) in [5.74, 6) is 0. The van der Waals surface area contributed by atoms with Crippen LogP contribution in [-0.2, 0) is 0 Å². The van der Waals surface area contributed by atoms with Gasteiger partial charge in [0.25, 0.3) is 0 Å². The lowest BCUT2D eigenvalue weighted by Crippen LogP contribution is -2.48. The van der Waals surface area contributed by atoms with Crippen molar-refractivity contribution in [2.75, 3.05) is 13.6 Å². The number of nitrogens with one attached hydrogen (secondary N) is 2. The standard InChI is InChI=1S/C6H14N2/c1-6(7-2)4-3-5-8-6/h7-8H,3-5H2,1-2H3. The molecule has 1 rings (SSSR count). The van der Waals surface area contributed by atoms with Crippen molar-refractivity contribution in [3.63, 3.8) is 0 Å². The van der Waals surface area contributed by atoms with Crippen LogP contribution in [0.15, 0.2) is 0 Å². The average Bonchev–Trinajstić information content (AvgIpc) is 2.17. The highest BCUT2D eigenvalue weighted by atomic mass is 15.2. The molecule has 1 unspecified atom stereocenters. The van der Waals surface area contributed by atoms with Gasteiger partial charge in [-0.3, -0.25) is 5.32 Å². The molecule has 48 valence electrons. The fraction of sp³-hybridized carbons (Fsp3) is 1.00. The van der Waals surface area contributed by atoms with Gasteiger partial charge in [0.05, 0.1) is 5.66 Å². The molecule has 2 heteroatoms. The topological polar surface area (TPSA) is 24.1 Å². The summed E-state index contributed by atoms with van der Waals surface area (Å²) >= 11 is 0. The Morgan fingerprint density at radius 1 is 1.62 bits per heavy atom. The smallest absolute Gasteiger partial charge is 0.0656 e. The van der Waals surface area contributed by atoms with Crippen LogP contribution in [0, 0.1) is 0 Å². The van der Waals surface area contributed by atoms with Gasteiger partial charge in [0.2, 0.25) is 0 Å². The van der Waals surface area contributed by atoms with Crippen molar-refractivity contribution in [2.24, 2.45) is 0 Å². The molecule has 0 amide bonds. The third-order valence-corrected chi connectivity index (χ3v) is 1.92. The first-order chi connectivity index (χ1) is 3.77. The van der Waals surface area contributed by atoms with Crippen LogP contribution in [0.5, 0.6) is 0 Å². The molecule has 0 aliphatic carbocycles. The first kappa shape index (κ1) is 6.05. The Morgan fingerprint density at radius 2 is 2.38 bits per heavy atom. The molecule has 0 aromatic carbocycles. The Hall–Kier alpha value is -0.0800. The van der Waals surface area contributed by atoms with E-state index in [1.807, 2.05) is 7.05 Å². The fourth-order valence-corrected chi connectivity index (χ4v) is 1.11. The van der Waals surface area contributed by atoms with E-state index >= 15 is 0 Å². The SMILES string of the molecule is CNC1(C)CCCN1. The Morgan fingerprint density at radius 3 is 2.62 bits per heavy atom. The van der Waals surface area contributed by atoms with E-state index < -0.39 is 0 Å². The normalized spacial score (nSPS) is 38.2. The number of hydrogen-bond acceptors (Lipinski definition) is 2. The van der Waals surface area contributed by atoms with Crippen molar-refractivity contribution >= 4 is 0 Å². The predicted octanol–water partition coefficient (Wildman–Crippen LogP) is 0.305. The minimum Gasteiger partial charge on any atom is -0.303 e. The summed E-state index contributed by atoms with van der Waals surface area (Å²) in [5.41, 5.74) is 0.236. The molecule has 0 aromatic heterocycles. The van der Waals surface area contributed by atoms with Crippen LogP contribution in [0.25, 0.3) is 0 Å². The van der Waals surface area contributed by atoms with Gasteiger partial charge in [0.15, 0.2) is 0 Å². The molecule has 1 aliphatic rings. The Kier molecular flexibility index (Phi) is 1.54. The van der Waals surface area contributed by atoms with E-state index in [2.05, 4.69) is 17.6 Å². The highest BCUT2D eigenvalue weighted by Gasteiger charge is 2.24. The minimum absolute atomic E-state index is 0.236. The number of rotatable bonds is 1. The molecule has 0 saturated carbocycles. The van der Waals surface area contributed by atoms with Gasteiger partial charge < -0.3 is 5.32 Å². The molecule has 2 nitrogen and oxygen atoms in total. The summed E-state index contributed by atoms with van der Waals surface area (Å²) in [6.07, 6.45) is 2.56. The zero-order chi connectivity index (χ0) is 6.04. The molecule has 8 heavy (non-hydrogen) atoms. The summed E-state index contributed by atoms with van der Waals surface area (Å²) in [5, 5.41) is 6.60. The monoisotopic (exact) mass is 114 g/mol. The summed E-state index contributed by atoms with van der Waals surface area (Å²) in [7, 11) is 2.00. The van der Waals surface area contributed by atoms with Gasteiger partial charge in [0.1, 0.15) is 0 Å². The summed E-state index contributed by atoms with van der Waals surface area (Å²) in [6.45, 7) is 3.36. The van der Waals surface area contributed by atoms with Gasteiger partial charge in [-0.25, -0.2) is 0 Å². The second kappa shape index (κ2) is 2.03. The summed E-state index contributed by atoms with van der Waals surface area (Å²) in [6, 6.07) is 0. The van der Waals surface area contributed by atoms with Crippen LogP contribution in [-0.4, -0.2) is 19.3 Å². The molecule has 1 aliphatic heterocycles. The van der Waals surface area contributed by atoms with Crippen molar-refractivity contribution in [2.45, 2.75) is 25.4 Å². The van der Waals surface area contributed by atoms with Crippen molar-refractivity contribution in [1.29, 1.82) is 0 Å².